The van der Waals surface area contributed by atoms with Crippen molar-refractivity contribution in [2.45, 2.75) is 39.7 Å². The van der Waals surface area contributed by atoms with Gasteiger partial charge in [-0.15, -0.1) is 0 Å². The normalized spacial score (nSPS) is 12.9. The van der Waals surface area contributed by atoms with Crippen LogP contribution in [-0.2, 0) is 0 Å². The Kier molecular flexibility index (Phi) is 4.16. The molecule has 1 atom stereocenters. The van der Waals surface area contributed by atoms with Crippen LogP contribution in [0.4, 0.5) is 11.8 Å². The number of fused-ring (bicyclic) bond motifs is 1. The quantitative estimate of drug-likeness (QED) is 0.468. The first-order chi connectivity index (χ1) is 9.19. The summed E-state index contributed by atoms with van der Waals surface area (Å²) < 4.78 is 0. The SMILES string of the molecule is CCC(CC)C(C)Nc1nc(NN)nc2[nH]ncc12. The number of nitrogens with zero attached hydrogens (tertiary/aromatic N) is 3. The predicted octanol–water partition coefficient (Wildman–Crippen LogP) is 1.88. The molecule has 2 heterocycles. The van der Waals surface area contributed by atoms with Crippen LogP contribution in [0.25, 0.3) is 11.0 Å². The lowest BCUT2D eigenvalue weighted by molar-refractivity contribution is 0.437. The predicted molar refractivity (Wildman–Crippen MR) is 76.7 cm³/mol. The fourth-order valence-electron chi connectivity index (χ4n) is 2.34. The summed E-state index contributed by atoms with van der Waals surface area (Å²) in [5, 5.41) is 11.1. The Labute approximate surface area is 112 Å². The molecule has 0 amide bonds. The Hall–Kier alpha value is -1.89. The van der Waals surface area contributed by atoms with Crippen molar-refractivity contribution in [1.29, 1.82) is 0 Å². The highest BCUT2D eigenvalue weighted by molar-refractivity contribution is 5.87. The van der Waals surface area contributed by atoms with Crippen molar-refractivity contribution in [2.24, 2.45) is 11.8 Å². The first-order valence-corrected chi connectivity index (χ1v) is 6.63. The number of nitrogens with two attached hydrogens (primary N) is 1. The second-order valence-electron chi connectivity index (χ2n) is 4.68. The van der Waals surface area contributed by atoms with E-state index >= 15 is 0 Å². The number of anilines is 2. The van der Waals surface area contributed by atoms with E-state index in [-0.39, 0.29) is 0 Å². The summed E-state index contributed by atoms with van der Waals surface area (Å²) in [6.07, 6.45) is 3.98. The van der Waals surface area contributed by atoms with Gasteiger partial charge in [0.05, 0.1) is 11.6 Å². The molecule has 0 aromatic carbocycles. The lowest BCUT2D eigenvalue weighted by Gasteiger charge is -2.23. The first-order valence-electron chi connectivity index (χ1n) is 6.63. The van der Waals surface area contributed by atoms with E-state index in [1.807, 2.05) is 0 Å². The third kappa shape index (κ3) is 2.76. The summed E-state index contributed by atoms with van der Waals surface area (Å²) in [5.74, 6) is 7.11. The number of rotatable bonds is 6. The van der Waals surface area contributed by atoms with E-state index in [9.17, 15) is 0 Å². The van der Waals surface area contributed by atoms with Crippen molar-refractivity contribution in [3.8, 4) is 0 Å². The van der Waals surface area contributed by atoms with Crippen LogP contribution in [0.1, 0.15) is 33.6 Å². The molecule has 104 valence electrons. The van der Waals surface area contributed by atoms with Gasteiger partial charge in [-0.25, -0.2) is 5.84 Å². The number of hydrogen-bond acceptors (Lipinski definition) is 6. The summed E-state index contributed by atoms with van der Waals surface area (Å²) in [7, 11) is 0. The van der Waals surface area contributed by atoms with E-state index in [0.29, 0.717) is 23.6 Å². The molecule has 0 radical (unpaired) electrons. The van der Waals surface area contributed by atoms with Crippen LogP contribution in [-0.4, -0.2) is 26.2 Å². The number of nitrogen functional groups attached to an aromatic ring is 1. The molecular weight excluding hydrogens is 242 g/mol. The molecule has 0 fully saturated rings. The maximum absolute atomic E-state index is 5.38. The van der Waals surface area contributed by atoms with E-state index in [4.69, 9.17) is 5.84 Å². The number of aromatic amines is 1. The van der Waals surface area contributed by atoms with Gasteiger partial charge in [0.1, 0.15) is 5.82 Å². The molecule has 2 aromatic heterocycles. The summed E-state index contributed by atoms with van der Waals surface area (Å²) in [6.45, 7) is 6.57. The molecule has 1 unspecified atom stereocenters. The fraction of sp³-hybridized carbons (Fsp3) is 0.583. The van der Waals surface area contributed by atoms with Crippen molar-refractivity contribution in [2.75, 3.05) is 10.7 Å². The van der Waals surface area contributed by atoms with E-state index in [2.05, 4.69) is 51.7 Å². The molecule has 0 aliphatic carbocycles. The van der Waals surface area contributed by atoms with Gasteiger partial charge in [-0.1, -0.05) is 26.7 Å². The van der Waals surface area contributed by atoms with Crippen LogP contribution in [0.5, 0.6) is 0 Å². The third-order valence-corrected chi connectivity index (χ3v) is 3.56. The molecule has 5 N–H and O–H groups in total. The average molecular weight is 263 g/mol. The van der Waals surface area contributed by atoms with Gasteiger partial charge in [0.15, 0.2) is 5.65 Å². The molecule has 7 nitrogen and oxygen atoms in total. The number of hydrazine groups is 1. The maximum Gasteiger partial charge on any atom is 0.241 e. The molecule has 0 saturated carbocycles. The van der Waals surface area contributed by atoms with Gasteiger partial charge in [-0.05, 0) is 12.8 Å². The first kappa shape index (κ1) is 13.5. The minimum absolute atomic E-state index is 0.327. The van der Waals surface area contributed by atoms with Crippen LogP contribution >= 0.6 is 0 Å². The Morgan fingerprint density at radius 1 is 1.32 bits per heavy atom. The van der Waals surface area contributed by atoms with Crippen LogP contribution < -0.4 is 16.6 Å². The van der Waals surface area contributed by atoms with Crippen LogP contribution in [0.2, 0.25) is 0 Å². The van der Waals surface area contributed by atoms with E-state index < -0.39 is 0 Å². The molecule has 2 rings (SSSR count). The number of nitrogens with one attached hydrogen (secondary N) is 3. The number of H-pyrrole nitrogens is 1. The lowest BCUT2D eigenvalue weighted by atomic mass is 9.95. The van der Waals surface area contributed by atoms with Gasteiger partial charge in [-0.3, -0.25) is 10.5 Å². The summed E-state index contributed by atoms with van der Waals surface area (Å²) >= 11 is 0. The van der Waals surface area contributed by atoms with Crippen molar-refractivity contribution in [3.05, 3.63) is 6.20 Å². The highest BCUT2D eigenvalue weighted by Crippen LogP contribution is 2.23. The Bertz CT molecular complexity index is 532. The largest absolute Gasteiger partial charge is 0.367 e. The van der Waals surface area contributed by atoms with Crippen LogP contribution in [0.3, 0.4) is 0 Å². The van der Waals surface area contributed by atoms with Crippen molar-refractivity contribution >= 4 is 22.8 Å². The molecule has 0 aliphatic rings. The van der Waals surface area contributed by atoms with Crippen molar-refractivity contribution in [1.82, 2.24) is 20.2 Å². The molecule has 0 saturated heterocycles. The van der Waals surface area contributed by atoms with Gasteiger partial charge in [0.2, 0.25) is 5.95 Å². The zero-order valence-corrected chi connectivity index (χ0v) is 11.6. The monoisotopic (exact) mass is 263 g/mol. The summed E-state index contributed by atoms with van der Waals surface area (Å²) in [4.78, 5) is 8.57. The Morgan fingerprint density at radius 3 is 2.68 bits per heavy atom. The van der Waals surface area contributed by atoms with E-state index in [1.165, 1.54) is 0 Å². The minimum Gasteiger partial charge on any atom is -0.367 e. The third-order valence-electron chi connectivity index (χ3n) is 3.56. The standard InChI is InChI=1S/C12H21N7/c1-4-8(5-2)7(3)15-10-9-6-14-19-11(9)17-12(16-10)18-13/h6-8H,4-5,13H2,1-3H3,(H3,14,15,16,17,18,19). The molecule has 0 bridgehead atoms. The second-order valence-corrected chi connectivity index (χ2v) is 4.68. The van der Waals surface area contributed by atoms with E-state index in [1.54, 1.807) is 6.20 Å². The second kappa shape index (κ2) is 5.83. The molecule has 7 heteroatoms. The number of aromatic nitrogens is 4. The molecule has 2 aromatic rings. The molecule has 19 heavy (non-hydrogen) atoms. The summed E-state index contributed by atoms with van der Waals surface area (Å²) in [6, 6.07) is 0.327. The smallest absolute Gasteiger partial charge is 0.241 e. The zero-order valence-electron chi connectivity index (χ0n) is 11.6. The van der Waals surface area contributed by atoms with Gasteiger partial charge >= 0.3 is 0 Å². The van der Waals surface area contributed by atoms with Crippen LogP contribution in [0.15, 0.2) is 6.20 Å². The van der Waals surface area contributed by atoms with Crippen molar-refractivity contribution < 1.29 is 0 Å². The molecule has 0 aliphatic heterocycles. The van der Waals surface area contributed by atoms with Crippen molar-refractivity contribution in [3.63, 3.8) is 0 Å². The Balaban J connectivity index is 2.30. The maximum atomic E-state index is 5.38. The van der Waals surface area contributed by atoms with Gasteiger partial charge in [0.25, 0.3) is 0 Å². The van der Waals surface area contributed by atoms with Crippen LogP contribution in [0, 0.1) is 5.92 Å². The fourth-order valence-corrected chi connectivity index (χ4v) is 2.34. The van der Waals surface area contributed by atoms with Gasteiger partial charge in [0, 0.05) is 6.04 Å². The average Bonchev–Trinajstić information content (AvgIpc) is 2.88. The number of hydrogen-bond donors (Lipinski definition) is 4. The topological polar surface area (TPSA) is 105 Å². The highest BCUT2D eigenvalue weighted by atomic mass is 15.3. The van der Waals surface area contributed by atoms with E-state index in [0.717, 1.165) is 24.0 Å². The zero-order chi connectivity index (χ0) is 13.8. The van der Waals surface area contributed by atoms with Gasteiger partial charge in [-0.2, -0.15) is 15.1 Å². The minimum atomic E-state index is 0.327. The highest BCUT2D eigenvalue weighted by Gasteiger charge is 2.16. The molecule has 0 spiro atoms. The Morgan fingerprint density at radius 2 is 2.05 bits per heavy atom. The summed E-state index contributed by atoms with van der Waals surface area (Å²) in [5.41, 5.74) is 3.14. The molecular formula is C12H21N7. The van der Waals surface area contributed by atoms with Gasteiger partial charge < -0.3 is 5.32 Å². The lowest BCUT2D eigenvalue weighted by Crippen LogP contribution is -2.26.